The Labute approximate surface area is 240 Å². The molecule has 0 radical (unpaired) electrons. The number of carbonyl (C=O) groups excluding carboxylic acids is 4. The number of aryl methyl sites for hydroxylation is 1. The van der Waals surface area contributed by atoms with Crippen molar-refractivity contribution < 1.29 is 23.9 Å². The summed E-state index contributed by atoms with van der Waals surface area (Å²) in [7, 11) is 0. The Morgan fingerprint density at radius 1 is 0.854 bits per heavy atom. The van der Waals surface area contributed by atoms with Crippen LogP contribution in [0.1, 0.15) is 48.2 Å². The molecule has 0 heterocycles. The van der Waals surface area contributed by atoms with Crippen molar-refractivity contribution in [3.8, 4) is 0 Å². The largest absolute Gasteiger partial charge is 0.369 e. The van der Waals surface area contributed by atoms with Crippen LogP contribution in [0.4, 0.5) is 10.5 Å². The molecule has 4 amide bonds. The predicted octanol–water partition coefficient (Wildman–Crippen LogP) is 4.23. The highest BCUT2D eigenvalue weighted by molar-refractivity contribution is 6.00. The second-order valence-electron chi connectivity index (χ2n) is 9.94. The summed E-state index contributed by atoms with van der Waals surface area (Å²) in [6.45, 7) is 3.90. The summed E-state index contributed by atoms with van der Waals surface area (Å²) in [5.74, 6) is -1.40. The molecule has 0 saturated carbocycles. The number of ketones is 1. The van der Waals surface area contributed by atoms with Gasteiger partial charge in [0.05, 0.1) is 12.6 Å². The normalized spacial score (nSPS) is 12.9. The zero-order valence-electron chi connectivity index (χ0n) is 23.5. The van der Waals surface area contributed by atoms with Crippen molar-refractivity contribution in [2.45, 2.75) is 51.8 Å². The number of benzene rings is 3. The predicted molar refractivity (Wildman–Crippen MR) is 158 cm³/mol. The number of hydrogen-bond acceptors (Lipinski definition) is 5. The quantitative estimate of drug-likeness (QED) is 0.221. The first-order valence-corrected chi connectivity index (χ1v) is 13.7. The zero-order valence-corrected chi connectivity index (χ0v) is 23.5. The van der Waals surface area contributed by atoms with Crippen LogP contribution < -0.4 is 21.7 Å². The summed E-state index contributed by atoms with van der Waals surface area (Å²) in [5.41, 5.74) is 7.78. The minimum absolute atomic E-state index is 0.158. The van der Waals surface area contributed by atoms with Gasteiger partial charge in [-0.05, 0) is 48.1 Å². The van der Waals surface area contributed by atoms with Crippen LogP contribution in [0.15, 0.2) is 84.9 Å². The van der Waals surface area contributed by atoms with Gasteiger partial charge in [0.1, 0.15) is 12.6 Å². The average molecular weight is 559 g/mol. The maximum absolute atomic E-state index is 13.6. The zero-order chi connectivity index (χ0) is 29.6. The van der Waals surface area contributed by atoms with Crippen molar-refractivity contribution in [1.29, 1.82) is 0 Å². The second-order valence-corrected chi connectivity index (χ2v) is 9.94. The lowest BCUT2D eigenvalue weighted by molar-refractivity contribution is -0.132. The molecule has 0 bridgehead atoms. The van der Waals surface area contributed by atoms with Crippen LogP contribution in [0.25, 0.3) is 0 Å². The molecule has 5 N–H and O–H groups in total. The van der Waals surface area contributed by atoms with E-state index in [4.69, 9.17) is 10.5 Å². The van der Waals surface area contributed by atoms with Crippen molar-refractivity contribution in [1.82, 2.24) is 10.6 Å². The molecule has 1 unspecified atom stereocenters. The number of urea groups is 1. The monoisotopic (exact) mass is 558 g/mol. The Hall–Kier alpha value is -4.50. The lowest BCUT2D eigenvalue weighted by Crippen LogP contribution is -2.54. The molecule has 0 spiro atoms. The van der Waals surface area contributed by atoms with Gasteiger partial charge in [-0.15, -0.1) is 0 Å². The fourth-order valence-electron chi connectivity index (χ4n) is 4.28. The fourth-order valence-corrected chi connectivity index (χ4v) is 4.28. The van der Waals surface area contributed by atoms with E-state index in [0.717, 1.165) is 11.1 Å². The van der Waals surface area contributed by atoms with Gasteiger partial charge in [-0.3, -0.25) is 14.4 Å². The van der Waals surface area contributed by atoms with E-state index in [1.807, 2.05) is 74.5 Å². The summed E-state index contributed by atoms with van der Waals surface area (Å²) in [6.07, 6.45) is 1.58. The lowest BCUT2D eigenvalue weighted by Gasteiger charge is -2.26. The molecule has 3 rings (SSSR count). The first kappa shape index (κ1) is 31.0. The van der Waals surface area contributed by atoms with Gasteiger partial charge in [0.2, 0.25) is 5.91 Å². The number of amides is 4. The van der Waals surface area contributed by atoms with Crippen molar-refractivity contribution in [3.05, 3.63) is 102 Å². The minimum atomic E-state index is -0.891. The molecular formula is C32H38N4O5. The Kier molecular flexibility index (Phi) is 12.1. The van der Waals surface area contributed by atoms with Gasteiger partial charge in [-0.1, -0.05) is 87.0 Å². The highest BCUT2D eigenvalue weighted by Crippen LogP contribution is 2.14. The van der Waals surface area contributed by atoms with Crippen molar-refractivity contribution in [2.24, 2.45) is 11.7 Å². The summed E-state index contributed by atoms with van der Waals surface area (Å²) >= 11 is 0. The molecular weight excluding hydrogens is 520 g/mol. The van der Waals surface area contributed by atoms with Crippen LogP contribution in [0.3, 0.4) is 0 Å². The molecule has 0 saturated heterocycles. The SMILES string of the molecule is CCC(C)[C@H](NC(=O)c1cccc(NC(N)=O)c1)C(=O)N[C@@H](CCc1ccccc1)C(=O)COCc1ccccc1. The second kappa shape index (κ2) is 15.9. The number of rotatable bonds is 15. The Balaban J connectivity index is 1.71. The molecule has 0 aliphatic heterocycles. The third kappa shape index (κ3) is 10.2. The van der Waals surface area contributed by atoms with E-state index in [0.29, 0.717) is 24.9 Å². The number of nitrogens with two attached hydrogens (primary N) is 1. The van der Waals surface area contributed by atoms with Crippen LogP contribution in [0, 0.1) is 5.92 Å². The maximum atomic E-state index is 13.6. The van der Waals surface area contributed by atoms with Gasteiger partial charge < -0.3 is 26.4 Å². The Morgan fingerprint density at radius 2 is 1.51 bits per heavy atom. The van der Waals surface area contributed by atoms with Gasteiger partial charge in [-0.2, -0.15) is 0 Å². The van der Waals surface area contributed by atoms with Gasteiger partial charge in [-0.25, -0.2) is 4.79 Å². The van der Waals surface area contributed by atoms with E-state index in [2.05, 4.69) is 16.0 Å². The third-order valence-corrected chi connectivity index (χ3v) is 6.80. The highest BCUT2D eigenvalue weighted by atomic mass is 16.5. The Bertz CT molecular complexity index is 1300. The average Bonchev–Trinajstić information content (AvgIpc) is 2.98. The number of primary amides is 1. The molecule has 3 aromatic rings. The summed E-state index contributed by atoms with van der Waals surface area (Å²) in [4.78, 5) is 51.1. The van der Waals surface area contributed by atoms with Crippen molar-refractivity contribution in [3.63, 3.8) is 0 Å². The molecule has 0 fully saturated rings. The molecule has 0 aliphatic carbocycles. The van der Waals surface area contributed by atoms with Crippen LogP contribution in [-0.2, 0) is 27.4 Å². The first-order chi connectivity index (χ1) is 19.8. The van der Waals surface area contributed by atoms with Gasteiger partial charge in [0.25, 0.3) is 5.91 Å². The van der Waals surface area contributed by atoms with Crippen LogP contribution in [0.2, 0.25) is 0 Å². The Morgan fingerprint density at radius 3 is 2.15 bits per heavy atom. The molecule has 3 atom stereocenters. The van der Waals surface area contributed by atoms with E-state index < -0.39 is 29.9 Å². The van der Waals surface area contributed by atoms with Gasteiger partial charge >= 0.3 is 6.03 Å². The fraction of sp³-hybridized carbons (Fsp3) is 0.312. The van der Waals surface area contributed by atoms with Gasteiger partial charge in [0.15, 0.2) is 5.78 Å². The van der Waals surface area contributed by atoms with E-state index in [9.17, 15) is 19.2 Å². The number of Topliss-reactive ketones (excluding diaryl/α,β-unsaturated/α-hetero) is 1. The molecule has 216 valence electrons. The summed E-state index contributed by atoms with van der Waals surface area (Å²) < 4.78 is 5.68. The molecule has 0 aliphatic rings. The van der Waals surface area contributed by atoms with E-state index in [1.54, 1.807) is 18.2 Å². The maximum Gasteiger partial charge on any atom is 0.316 e. The third-order valence-electron chi connectivity index (χ3n) is 6.80. The van der Waals surface area contributed by atoms with Crippen LogP contribution in [-0.4, -0.2) is 42.3 Å². The van der Waals surface area contributed by atoms with Crippen LogP contribution >= 0.6 is 0 Å². The minimum Gasteiger partial charge on any atom is -0.369 e. The van der Waals surface area contributed by atoms with Crippen molar-refractivity contribution >= 4 is 29.3 Å². The molecule has 41 heavy (non-hydrogen) atoms. The van der Waals surface area contributed by atoms with Crippen molar-refractivity contribution in [2.75, 3.05) is 11.9 Å². The molecule has 0 aromatic heterocycles. The number of ether oxygens (including phenoxy) is 1. The first-order valence-electron chi connectivity index (χ1n) is 13.7. The van der Waals surface area contributed by atoms with E-state index >= 15 is 0 Å². The smallest absolute Gasteiger partial charge is 0.316 e. The molecule has 9 heteroatoms. The number of hydrogen-bond donors (Lipinski definition) is 4. The number of carbonyl (C=O) groups is 4. The van der Waals surface area contributed by atoms with E-state index in [-0.39, 0.29) is 30.5 Å². The topological polar surface area (TPSA) is 140 Å². The number of anilines is 1. The van der Waals surface area contributed by atoms with Crippen LogP contribution in [0.5, 0.6) is 0 Å². The van der Waals surface area contributed by atoms with Gasteiger partial charge in [0, 0.05) is 11.3 Å². The standard InChI is InChI=1S/C32H38N4O5/c1-3-22(2)29(36-30(38)25-15-10-16-26(19-25)34-32(33)40)31(39)35-27(18-17-23-11-6-4-7-12-23)28(37)21-41-20-24-13-8-5-9-14-24/h4-16,19,22,27,29H,3,17-18,20-21H2,1-2H3,(H,35,39)(H,36,38)(H3,33,34,40)/t22?,27-,29-/m0/s1. The highest BCUT2D eigenvalue weighted by Gasteiger charge is 2.30. The number of nitrogens with one attached hydrogen (secondary N) is 3. The van der Waals surface area contributed by atoms with E-state index in [1.165, 1.54) is 6.07 Å². The molecule has 9 nitrogen and oxygen atoms in total. The summed E-state index contributed by atoms with van der Waals surface area (Å²) in [5, 5.41) is 8.13. The summed E-state index contributed by atoms with van der Waals surface area (Å²) in [6, 6.07) is 23.1. The lowest BCUT2D eigenvalue weighted by atomic mass is 9.96. The molecule has 3 aromatic carbocycles.